The Morgan fingerprint density at radius 1 is 1.30 bits per heavy atom. The van der Waals surface area contributed by atoms with E-state index in [0.29, 0.717) is 18.2 Å². The molecule has 112 valence electrons. The lowest BCUT2D eigenvalue weighted by molar-refractivity contribution is -0.123. The molecular formula is C16H24FNO2. The normalized spacial score (nSPS) is 11.9. The molecule has 3 nitrogen and oxygen atoms in total. The number of ether oxygens (including phenoxy) is 1. The van der Waals surface area contributed by atoms with Crippen LogP contribution < -0.4 is 10.1 Å². The van der Waals surface area contributed by atoms with Crippen molar-refractivity contribution in [2.24, 2.45) is 5.92 Å². The fourth-order valence-corrected chi connectivity index (χ4v) is 1.93. The lowest BCUT2D eigenvalue weighted by atomic mass is 9.99. The summed E-state index contributed by atoms with van der Waals surface area (Å²) in [5.41, 5.74) is 0. The number of hydrogen-bond donors (Lipinski definition) is 1. The van der Waals surface area contributed by atoms with E-state index in [0.717, 1.165) is 12.8 Å². The number of unbranched alkanes of at least 4 members (excludes halogenated alkanes) is 1. The van der Waals surface area contributed by atoms with Crippen LogP contribution in [0.4, 0.5) is 4.39 Å². The molecule has 0 aliphatic carbocycles. The molecule has 1 aromatic carbocycles. The number of carbonyl (C=O) groups is 1. The van der Waals surface area contributed by atoms with Crippen LogP contribution in [0.25, 0.3) is 0 Å². The van der Waals surface area contributed by atoms with Gasteiger partial charge >= 0.3 is 0 Å². The molecule has 0 aliphatic rings. The molecule has 0 saturated heterocycles. The number of hydrogen-bond acceptors (Lipinski definition) is 2. The van der Waals surface area contributed by atoms with Gasteiger partial charge in [0.2, 0.25) is 0 Å². The molecule has 1 aromatic rings. The van der Waals surface area contributed by atoms with Crippen LogP contribution in [0.3, 0.4) is 0 Å². The number of benzene rings is 1. The third-order valence-electron chi connectivity index (χ3n) is 3.31. The van der Waals surface area contributed by atoms with Crippen LogP contribution in [0, 0.1) is 11.7 Å². The van der Waals surface area contributed by atoms with Gasteiger partial charge in [-0.3, -0.25) is 4.79 Å². The van der Waals surface area contributed by atoms with Crippen molar-refractivity contribution < 1.29 is 13.9 Å². The predicted molar refractivity (Wildman–Crippen MR) is 78.2 cm³/mol. The standard InChI is InChI=1S/C16H24FNO2/c1-3-5-6-13(4-2)11-18-16(19)12-20-15-9-7-14(17)8-10-15/h7-10,13H,3-6,11-12H2,1-2H3,(H,18,19). The van der Waals surface area contributed by atoms with Crippen LogP contribution in [-0.4, -0.2) is 19.1 Å². The highest BCUT2D eigenvalue weighted by atomic mass is 19.1. The largest absolute Gasteiger partial charge is 0.484 e. The summed E-state index contributed by atoms with van der Waals surface area (Å²) in [5, 5.41) is 2.89. The Labute approximate surface area is 120 Å². The van der Waals surface area contributed by atoms with E-state index < -0.39 is 0 Å². The molecule has 1 rings (SSSR count). The minimum absolute atomic E-state index is 0.0319. The van der Waals surface area contributed by atoms with E-state index in [1.807, 2.05) is 0 Å². The SMILES string of the molecule is CCCCC(CC)CNC(=O)COc1ccc(F)cc1. The zero-order chi connectivity index (χ0) is 14.8. The predicted octanol–water partition coefficient (Wildman–Crippen LogP) is 3.54. The quantitative estimate of drug-likeness (QED) is 0.752. The zero-order valence-electron chi connectivity index (χ0n) is 12.3. The van der Waals surface area contributed by atoms with Crippen molar-refractivity contribution in [2.75, 3.05) is 13.2 Å². The van der Waals surface area contributed by atoms with Gasteiger partial charge < -0.3 is 10.1 Å². The first kappa shape index (κ1) is 16.5. The Hall–Kier alpha value is -1.58. The first-order chi connectivity index (χ1) is 9.65. The highest BCUT2D eigenvalue weighted by Crippen LogP contribution is 2.12. The third kappa shape index (κ3) is 6.55. The van der Waals surface area contributed by atoms with E-state index in [2.05, 4.69) is 19.2 Å². The summed E-state index contributed by atoms with van der Waals surface area (Å²) in [6.07, 6.45) is 4.59. The Morgan fingerprint density at radius 2 is 2.00 bits per heavy atom. The van der Waals surface area contributed by atoms with Crippen molar-refractivity contribution in [1.29, 1.82) is 0 Å². The van der Waals surface area contributed by atoms with Gasteiger partial charge in [0.25, 0.3) is 5.91 Å². The average Bonchev–Trinajstić information content (AvgIpc) is 2.47. The molecule has 1 amide bonds. The van der Waals surface area contributed by atoms with Crippen LogP contribution in [0.15, 0.2) is 24.3 Å². The van der Waals surface area contributed by atoms with Gasteiger partial charge in [0.15, 0.2) is 6.61 Å². The van der Waals surface area contributed by atoms with E-state index >= 15 is 0 Å². The van der Waals surface area contributed by atoms with Gasteiger partial charge in [-0.25, -0.2) is 4.39 Å². The number of nitrogens with one attached hydrogen (secondary N) is 1. The van der Waals surface area contributed by atoms with Crippen molar-refractivity contribution >= 4 is 5.91 Å². The van der Waals surface area contributed by atoms with E-state index in [4.69, 9.17) is 4.74 Å². The van der Waals surface area contributed by atoms with E-state index in [9.17, 15) is 9.18 Å². The monoisotopic (exact) mass is 281 g/mol. The second kappa shape index (κ2) is 9.34. The average molecular weight is 281 g/mol. The van der Waals surface area contributed by atoms with Gasteiger partial charge in [-0.15, -0.1) is 0 Å². The van der Waals surface area contributed by atoms with Crippen molar-refractivity contribution in [3.05, 3.63) is 30.1 Å². The highest BCUT2D eigenvalue weighted by Gasteiger charge is 2.08. The summed E-state index contributed by atoms with van der Waals surface area (Å²) < 4.78 is 18.0. The van der Waals surface area contributed by atoms with Crippen LogP contribution in [0.5, 0.6) is 5.75 Å². The third-order valence-corrected chi connectivity index (χ3v) is 3.31. The maximum absolute atomic E-state index is 12.7. The molecule has 0 saturated carbocycles. The molecule has 0 aromatic heterocycles. The van der Waals surface area contributed by atoms with Crippen molar-refractivity contribution in [2.45, 2.75) is 39.5 Å². The lowest BCUT2D eigenvalue weighted by Crippen LogP contribution is -2.33. The summed E-state index contributed by atoms with van der Waals surface area (Å²) in [7, 11) is 0. The Balaban J connectivity index is 2.24. The van der Waals surface area contributed by atoms with E-state index in [1.165, 1.54) is 37.1 Å². The second-order valence-electron chi connectivity index (χ2n) is 4.96. The molecule has 0 radical (unpaired) electrons. The van der Waals surface area contributed by atoms with Gasteiger partial charge in [-0.1, -0.05) is 33.1 Å². The van der Waals surface area contributed by atoms with Gasteiger partial charge in [-0.2, -0.15) is 0 Å². The topological polar surface area (TPSA) is 38.3 Å². The summed E-state index contributed by atoms with van der Waals surface area (Å²) >= 11 is 0. The van der Waals surface area contributed by atoms with Gasteiger partial charge in [0.05, 0.1) is 0 Å². The minimum atomic E-state index is -0.316. The van der Waals surface area contributed by atoms with Crippen LogP contribution in [-0.2, 0) is 4.79 Å². The Bertz CT molecular complexity index is 392. The molecule has 0 aliphatic heterocycles. The first-order valence-electron chi connectivity index (χ1n) is 7.30. The summed E-state index contributed by atoms with van der Waals surface area (Å²) in [4.78, 5) is 11.7. The molecule has 1 atom stereocenters. The van der Waals surface area contributed by atoms with Crippen molar-refractivity contribution in [1.82, 2.24) is 5.32 Å². The summed E-state index contributed by atoms with van der Waals surface area (Å²) in [6, 6.07) is 5.65. The second-order valence-corrected chi connectivity index (χ2v) is 4.96. The van der Waals surface area contributed by atoms with Crippen LogP contribution in [0.2, 0.25) is 0 Å². The van der Waals surface area contributed by atoms with Gasteiger partial charge in [-0.05, 0) is 36.6 Å². The fourth-order valence-electron chi connectivity index (χ4n) is 1.93. The first-order valence-corrected chi connectivity index (χ1v) is 7.30. The van der Waals surface area contributed by atoms with Crippen LogP contribution >= 0.6 is 0 Å². The van der Waals surface area contributed by atoms with Crippen molar-refractivity contribution in [3.8, 4) is 5.75 Å². The zero-order valence-corrected chi connectivity index (χ0v) is 12.3. The molecule has 1 N–H and O–H groups in total. The molecule has 20 heavy (non-hydrogen) atoms. The molecule has 0 bridgehead atoms. The lowest BCUT2D eigenvalue weighted by Gasteiger charge is -2.15. The van der Waals surface area contributed by atoms with Crippen molar-refractivity contribution in [3.63, 3.8) is 0 Å². The van der Waals surface area contributed by atoms with Gasteiger partial charge in [0, 0.05) is 6.54 Å². The number of halogens is 1. The fraction of sp³-hybridized carbons (Fsp3) is 0.562. The smallest absolute Gasteiger partial charge is 0.257 e. The molecule has 1 unspecified atom stereocenters. The maximum Gasteiger partial charge on any atom is 0.257 e. The van der Waals surface area contributed by atoms with Crippen LogP contribution in [0.1, 0.15) is 39.5 Å². The Morgan fingerprint density at radius 3 is 2.60 bits per heavy atom. The number of amides is 1. The number of carbonyl (C=O) groups excluding carboxylic acids is 1. The van der Waals surface area contributed by atoms with E-state index in [-0.39, 0.29) is 18.3 Å². The molecule has 0 heterocycles. The molecule has 0 fully saturated rings. The highest BCUT2D eigenvalue weighted by molar-refractivity contribution is 5.77. The van der Waals surface area contributed by atoms with E-state index in [1.54, 1.807) is 0 Å². The number of rotatable bonds is 9. The maximum atomic E-state index is 12.7. The Kier molecular flexibility index (Phi) is 7.70. The molecular weight excluding hydrogens is 257 g/mol. The minimum Gasteiger partial charge on any atom is -0.484 e. The summed E-state index contributed by atoms with van der Waals surface area (Å²) in [6.45, 7) is 4.97. The molecule has 0 spiro atoms. The van der Waals surface area contributed by atoms with Gasteiger partial charge in [0.1, 0.15) is 11.6 Å². The molecule has 4 heteroatoms. The summed E-state index contributed by atoms with van der Waals surface area (Å²) in [5.74, 6) is 0.581.